The van der Waals surface area contributed by atoms with Gasteiger partial charge in [0.15, 0.2) is 5.16 Å². The summed E-state index contributed by atoms with van der Waals surface area (Å²) in [5, 5.41) is 22.5. The van der Waals surface area contributed by atoms with E-state index >= 15 is 0 Å². The van der Waals surface area contributed by atoms with Gasteiger partial charge in [0.05, 0.1) is 30.0 Å². The van der Waals surface area contributed by atoms with E-state index in [9.17, 15) is 14.9 Å². The number of thioether (sulfide) groups is 1. The van der Waals surface area contributed by atoms with Gasteiger partial charge in [0.2, 0.25) is 5.91 Å². The lowest BCUT2D eigenvalue weighted by molar-refractivity contribution is -0.384. The summed E-state index contributed by atoms with van der Waals surface area (Å²) >= 11 is 0.985. The molecule has 0 radical (unpaired) electrons. The number of nitriles is 1. The number of carbonyl (C=O) groups excluding carboxylic acids is 1. The van der Waals surface area contributed by atoms with Crippen LogP contribution in [0.5, 0.6) is 5.75 Å². The molecule has 0 bridgehead atoms. The normalized spacial score (nSPS) is 9.92. The van der Waals surface area contributed by atoms with E-state index in [0.717, 1.165) is 11.8 Å². The molecule has 0 aliphatic heterocycles. The first kappa shape index (κ1) is 18.0. The number of nitro groups is 1. The standard InChI is InChI=1S/C14H12N6O4S/c1-24-9-2-3-10(11(4-9)20(22)23)18-12(21)7-25-14-17-6-8(5-15)13(16)19-14/h2-4,6H,7H2,1H3,(H,18,21)(H2,16,17,19). The number of nitro benzene ring substituents is 1. The number of rotatable bonds is 6. The summed E-state index contributed by atoms with van der Waals surface area (Å²) in [6.45, 7) is 0. The van der Waals surface area contributed by atoms with Crippen LogP contribution >= 0.6 is 11.8 Å². The first-order valence-electron chi connectivity index (χ1n) is 6.72. The second kappa shape index (κ2) is 7.93. The number of hydrogen-bond donors (Lipinski definition) is 2. The number of nitrogens with one attached hydrogen (secondary N) is 1. The number of ether oxygens (including phenoxy) is 1. The highest BCUT2D eigenvalue weighted by Crippen LogP contribution is 2.29. The second-order valence-electron chi connectivity index (χ2n) is 4.54. The topological polar surface area (TPSA) is 157 Å². The molecule has 1 amide bonds. The number of nitrogens with zero attached hydrogens (tertiary/aromatic N) is 4. The predicted molar refractivity (Wildman–Crippen MR) is 90.2 cm³/mol. The molecule has 2 aromatic rings. The van der Waals surface area contributed by atoms with Crippen LogP contribution < -0.4 is 15.8 Å². The average Bonchev–Trinajstić information content (AvgIpc) is 2.60. The van der Waals surface area contributed by atoms with Crippen molar-refractivity contribution in [3.8, 4) is 11.8 Å². The summed E-state index contributed by atoms with van der Waals surface area (Å²) in [5.74, 6) is -0.245. The number of benzene rings is 1. The Morgan fingerprint density at radius 1 is 1.56 bits per heavy atom. The Kier molecular flexibility index (Phi) is 5.70. The Hall–Kier alpha value is -3.39. The highest BCUT2D eigenvalue weighted by atomic mass is 32.2. The molecule has 0 saturated carbocycles. The highest BCUT2D eigenvalue weighted by Gasteiger charge is 2.17. The van der Waals surface area contributed by atoms with Gasteiger partial charge < -0.3 is 15.8 Å². The minimum atomic E-state index is -0.615. The maximum absolute atomic E-state index is 12.0. The zero-order valence-corrected chi connectivity index (χ0v) is 13.7. The van der Waals surface area contributed by atoms with Crippen molar-refractivity contribution < 1.29 is 14.5 Å². The lowest BCUT2D eigenvalue weighted by Crippen LogP contribution is -2.15. The third-order valence-corrected chi connectivity index (χ3v) is 3.79. The van der Waals surface area contributed by atoms with E-state index in [1.807, 2.05) is 6.07 Å². The van der Waals surface area contributed by atoms with Crippen molar-refractivity contribution in [1.82, 2.24) is 9.97 Å². The minimum absolute atomic E-state index is 0.0196. The fourth-order valence-electron chi connectivity index (χ4n) is 1.75. The van der Waals surface area contributed by atoms with Crippen LogP contribution in [-0.4, -0.2) is 33.7 Å². The average molecular weight is 360 g/mol. The van der Waals surface area contributed by atoms with E-state index in [0.29, 0.717) is 5.75 Å². The van der Waals surface area contributed by atoms with E-state index in [4.69, 9.17) is 15.7 Å². The van der Waals surface area contributed by atoms with Gasteiger partial charge in [0.1, 0.15) is 28.9 Å². The van der Waals surface area contributed by atoms with Gasteiger partial charge in [-0.05, 0) is 12.1 Å². The fraction of sp³-hybridized carbons (Fsp3) is 0.143. The molecule has 0 aliphatic rings. The lowest BCUT2D eigenvalue weighted by Gasteiger charge is -2.07. The summed E-state index contributed by atoms with van der Waals surface area (Å²) in [6.07, 6.45) is 1.26. The molecule has 1 aromatic heterocycles. The molecule has 0 saturated heterocycles. The highest BCUT2D eigenvalue weighted by molar-refractivity contribution is 7.99. The van der Waals surface area contributed by atoms with Crippen molar-refractivity contribution in [2.24, 2.45) is 0 Å². The van der Waals surface area contributed by atoms with Crippen molar-refractivity contribution >= 4 is 34.9 Å². The third kappa shape index (κ3) is 4.55. The lowest BCUT2D eigenvalue weighted by atomic mass is 10.2. The van der Waals surface area contributed by atoms with Crippen LogP contribution in [0.1, 0.15) is 5.56 Å². The smallest absolute Gasteiger partial charge is 0.296 e. The Morgan fingerprint density at radius 3 is 2.92 bits per heavy atom. The van der Waals surface area contributed by atoms with Gasteiger partial charge in [-0.2, -0.15) is 5.26 Å². The molecule has 3 N–H and O–H groups in total. The third-order valence-electron chi connectivity index (χ3n) is 2.92. The largest absolute Gasteiger partial charge is 0.496 e. The molecule has 25 heavy (non-hydrogen) atoms. The molecular formula is C14H12N6O4S. The molecule has 10 nitrogen and oxygen atoms in total. The van der Waals surface area contributed by atoms with Gasteiger partial charge in [0.25, 0.3) is 5.69 Å². The second-order valence-corrected chi connectivity index (χ2v) is 5.48. The molecule has 0 unspecified atom stereocenters. The van der Waals surface area contributed by atoms with Crippen LogP contribution in [0.25, 0.3) is 0 Å². The maximum Gasteiger partial charge on any atom is 0.296 e. The first-order chi connectivity index (χ1) is 11.9. The molecule has 0 aliphatic carbocycles. The van der Waals surface area contributed by atoms with Gasteiger partial charge in [0, 0.05) is 0 Å². The SMILES string of the molecule is COc1ccc(NC(=O)CSc2ncc(C#N)c(N)n2)c([N+](=O)[O-])c1. The van der Waals surface area contributed by atoms with Crippen LogP contribution in [0.2, 0.25) is 0 Å². The number of nitrogen functional groups attached to an aromatic ring is 1. The molecule has 1 aromatic carbocycles. The van der Waals surface area contributed by atoms with Gasteiger partial charge >= 0.3 is 0 Å². The molecule has 128 valence electrons. The van der Waals surface area contributed by atoms with E-state index in [-0.39, 0.29) is 33.7 Å². The Bertz CT molecular complexity index is 867. The van der Waals surface area contributed by atoms with Crippen LogP contribution in [0.15, 0.2) is 29.6 Å². The molecule has 1 heterocycles. The number of carbonyl (C=O) groups is 1. The molecule has 11 heteroatoms. The van der Waals surface area contributed by atoms with Crippen molar-refractivity contribution in [3.63, 3.8) is 0 Å². The fourth-order valence-corrected chi connectivity index (χ4v) is 2.37. The summed E-state index contributed by atoms with van der Waals surface area (Å²) < 4.78 is 4.93. The van der Waals surface area contributed by atoms with Crippen molar-refractivity contribution in [2.45, 2.75) is 5.16 Å². The Balaban J connectivity index is 2.04. The van der Waals surface area contributed by atoms with Crippen molar-refractivity contribution in [1.29, 1.82) is 5.26 Å². The van der Waals surface area contributed by atoms with Gasteiger partial charge in [-0.15, -0.1) is 0 Å². The van der Waals surface area contributed by atoms with Crippen molar-refractivity contribution in [3.05, 3.63) is 40.1 Å². The zero-order chi connectivity index (χ0) is 18.4. The molecule has 0 spiro atoms. The van der Waals surface area contributed by atoms with Gasteiger partial charge in [-0.3, -0.25) is 14.9 Å². The number of amides is 1. The first-order valence-corrected chi connectivity index (χ1v) is 7.71. The summed E-state index contributed by atoms with van der Waals surface area (Å²) in [7, 11) is 1.39. The number of aromatic nitrogens is 2. The number of methoxy groups -OCH3 is 1. The summed E-state index contributed by atoms with van der Waals surface area (Å²) in [5.41, 5.74) is 5.48. The quantitative estimate of drug-likeness (QED) is 0.337. The number of anilines is 2. The number of nitrogens with two attached hydrogens (primary N) is 1. The summed E-state index contributed by atoms with van der Waals surface area (Å²) in [6, 6.07) is 5.93. The van der Waals surface area contributed by atoms with E-state index in [2.05, 4.69) is 15.3 Å². The van der Waals surface area contributed by atoms with Crippen LogP contribution in [0.4, 0.5) is 17.2 Å². The Labute approximate surface area is 146 Å². The number of hydrogen-bond acceptors (Lipinski definition) is 9. The molecule has 2 rings (SSSR count). The minimum Gasteiger partial charge on any atom is -0.496 e. The predicted octanol–water partition coefficient (Wildman–Crippen LogP) is 1.58. The maximum atomic E-state index is 12.0. The zero-order valence-electron chi connectivity index (χ0n) is 12.9. The van der Waals surface area contributed by atoms with Gasteiger partial charge in [-0.25, -0.2) is 9.97 Å². The van der Waals surface area contributed by atoms with E-state index in [1.54, 1.807) is 0 Å². The molecular weight excluding hydrogens is 348 g/mol. The van der Waals surface area contributed by atoms with Crippen molar-refractivity contribution in [2.75, 3.05) is 23.9 Å². The molecule has 0 fully saturated rings. The Morgan fingerprint density at radius 2 is 2.32 bits per heavy atom. The summed E-state index contributed by atoms with van der Waals surface area (Å²) in [4.78, 5) is 30.3. The monoisotopic (exact) mass is 360 g/mol. The van der Waals surface area contributed by atoms with E-state index in [1.165, 1.54) is 31.5 Å². The van der Waals surface area contributed by atoms with Crippen LogP contribution in [0.3, 0.4) is 0 Å². The van der Waals surface area contributed by atoms with Gasteiger partial charge in [-0.1, -0.05) is 11.8 Å². The van der Waals surface area contributed by atoms with Crippen LogP contribution in [-0.2, 0) is 4.79 Å². The van der Waals surface area contributed by atoms with Crippen LogP contribution in [0, 0.1) is 21.4 Å². The van der Waals surface area contributed by atoms with E-state index < -0.39 is 10.8 Å². The molecule has 0 atom stereocenters.